The lowest BCUT2D eigenvalue weighted by atomic mass is 10.0. The summed E-state index contributed by atoms with van der Waals surface area (Å²) in [5.41, 5.74) is 0.852. The highest BCUT2D eigenvalue weighted by atomic mass is 16.4. The molecule has 0 amide bonds. The number of fused-ring (bicyclic) bond motifs is 1. The molecule has 0 spiro atoms. The van der Waals surface area contributed by atoms with Gasteiger partial charge in [0.05, 0.1) is 0 Å². The number of aliphatic hydroxyl groups is 1. The Kier molecular flexibility index (Phi) is 3.85. The molecular formula is C16H21NO2. The van der Waals surface area contributed by atoms with Crippen LogP contribution in [0.25, 0.3) is 11.0 Å². The van der Waals surface area contributed by atoms with E-state index in [9.17, 15) is 5.11 Å². The molecule has 2 aromatic rings. The number of aliphatic hydroxyl groups excluding tert-OH is 1. The predicted octanol–water partition coefficient (Wildman–Crippen LogP) is 3.39. The summed E-state index contributed by atoms with van der Waals surface area (Å²) in [6, 6.07) is 10.3. The molecule has 3 rings (SSSR count). The highest BCUT2D eigenvalue weighted by Crippen LogP contribution is 2.27. The van der Waals surface area contributed by atoms with Crippen LogP contribution >= 0.6 is 0 Å². The second kappa shape index (κ2) is 5.76. The second-order valence-electron chi connectivity index (χ2n) is 5.44. The van der Waals surface area contributed by atoms with Gasteiger partial charge in [-0.1, -0.05) is 31.0 Å². The van der Waals surface area contributed by atoms with Crippen LogP contribution in [0.15, 0.2) is 34.7 Å². The lowest BCUT2D eigenvalue weighted by Crippen LogP contribution is -2.29. The predicted molar refractivity (Wildman–Crippen MR) is 76.0 cm³/mol. The summed E-state index contributed by atoms with van der Waals surface area (Å²) in [4.78, 5) is 0. The van der Waals surface area contributed by atoms with E-state index in [1.54, 1.807) is 0 Å². The molecule has 19 heavy (non-hydrogen) atoms. The topological polar surface area (TPSA) is 45.4 Å². The van der Waals surface area contributed by atoms with Crippen molar-refractivity contribution in [3.8, 4) is 0 Å². The number of furan rings is 1. The largest absolute Gasteiger partial charge is 0.458 e. The number of hydrogen-bond donors (Lipinski definition) is 2. The van der Waals surface area contributed by atoms with Gasteiger partial charge in [-0.25, -0.2) is 0 Å². The molecule has 1 aliphatic heterocycles. The molecule has 2 heterocycles. The molecule has 2 atom stereocenters. The van der Waals surface area contributed by atoms with Gasteiger partial charge in [-0.2, -0.15) is 0 Å². The number of hydrogen-bond acceptors (Lipinski definition) is 3. The third-order valence-corrected chi connectivity index (χ3v) is 3.94. The monoisotopic (exact) mass is 259 g/mol. The smallest absolute Gasteiger partial charge is 0.134 e. The summed E-state index contributed by atoms with van der Waals surface area (Å²) >= 11 is 0. The van der Waals surface area contributed by atoms with E-state index in [0.29, 0.717) is 11.8 Å². The van der Waals surface area contributed by atoms with E-state index in [4.69, 9.17) is 4.42 Å². The molecule has 0 bridgehead atoms. The lowest BCUT2D eigenvalue weighted by Gasteiger charge is -2.18. The van der Waals surface area contributed by atoms with Crippen LogP contribution < -0.4 is 5.32 Å². The molecule has 3 heteroatoms. The van der Waals surface area contributed by atoms with Crippen molar-refractivity contribution >= 4 is 11.0 Å². The van der Waals surface area contributed by atoms with Crippen molar-refractivity contribution in [2.45, 2.75) is 44.2 Å². The number of nitrogens with one attached hydrogen (secondary N) is 1. The Morgan fingerprint density at radius 2 is 2.16 bits per heavy atom. The maximum absolute atomic E-state index is 10.3. The first-order chi connectivity index (χ1) is 9.33. The van der Waals surface area contributed by atoms with E-state index in [0.717, 1.165) is 30.4 Å². The minimum absolute atomic E-state index is 0.408. The van der Waals surface area contributed by atoms with Gasteiger partial charge in [0.2, 0.25) is 0 Å². The molecule has 1 saturated heterocycles. The molecule has 2 N–H and O–H groups in total. The van der Waals surface area contributed by atoms with E-state index in [2.05, 4.69) is 5.32 Å². The van der Waals surface area contributed by atoms with Gasteiger partial charge < -0.3 is 14.8 Å². The summed E-state index contributed by atoms with van der Waals surface area (Å²) < 4.78 is 5.72. The highest BCUT2D eigenvalue weighted by molar-refractivity contribution is 5.77. The zero-order valence-corrected chi connectivity index (χ0v) is 11.1. The van der Waals surface area contributed by atoms with Gasteiger partial charge in [-0.15, -0.1) is 0 Å². The van der Waals surface area contributed by atoms with Gasteiger partial charge in [0, 0.05) is 11.4 Å². The minimum atomic E-state index is -0.511. The van der Waals surface area contributed by atoms with Gasteiger partial charge in [-0.3, -0.25) is 0 Å². The zero-order valence-electron chi connectivity index (χ0n) is 11.1. The van der Waals surface area contributed by atoms with Crippen molar-refractivity contribution in [1.82, 2.24) is 5.32 Å². The average molecular weight is 259 g/mol. The SMILES string of the molecule is OC(CC1CCCCCN1)c1cc2ccccc2o1. The Bertz CT molecular complexity index is 493. The molecule has 1 fully saturated rings. The summed E-state index contributed by atoms with van der Waals surface area (Å²) in [6.07, 6.45) is 5.17. The van der Waals surface area contributed by atoms with Gasteiger partial charge >= 0.3 is 0 Å². The molecule has 1 aliphatic rings. The fourth-order valence-corrected chi connectivity index (χ4v) is 2.85. The maximum Gasteiger partial charge on any atom is 0.134 e. The summed E-state index contributed by atoms with van der Waals surface area (Å²) in [7, 11) is 0. The van der Waals surface area contributed by atoms with Crippen molar-refractivity contribution in [3.05, 3.63) is 36.1 Å². The first kappa shape index (κ1) is 12.7. The van der Waals surface area contributed by atoms with Gasteiger partial charge in [-0.05, 0) is 37.9 Å². The van der Waals surface area contributed by atoms with E-state index in [-0.39, 0.29) is 0 Å². The second-order valence-corrected chi connectivity index (χ2v) is 5.44. The van der Waals surface area contributed by atoms with E-state index in [1.807, 2.05) is 30.3 Å². The summed E-state index contributed by atoms with van der Waals surface area (Å²) in [5.74, 6) is 0.687. The molecule has 0 saturated carbocycles. The normalized spacial score (nSPS) is 22.3. The first-order valence-corrected chi connectivity index (χ1v) is 7.23. The summed E-state index contributed by atoms with van der Waals surface area (Å²) in [5, 5.41) is 14.9. The maximum atomic E-state index is 10.3. The van der Waals surface area contributed by atoms with Crippen LogP contribution in [0.1, 0.15) is 44.0 Å². The Morgan fingerprint density at radius 1 is 1.26 bits per heavy atom. The minimum Gasteiger partial charge on any atom is -0.458 e. The van der Waals surface area contributed by atoms with E-state index >= 15 is 0 Å². The van der Waals surface area contributed by atoms with Crippen LogP contribution in [0.4, 0.5) is 0 Å². The first-order valence-electron chi connectivity index (χ1n) is 7.23. The Morgan fingerprint density at radius 3 is 3.05 bits per heavy atom. The van der Waals surface area contributed by atoms with Crippen molar-refractivity contribution in [1.29, 1.82) is 0 Å². The van der Waals surface area contributed by atoms with E-state index in [1.165, 1.54) is 19.3 Å². The van der Waals surface area contributed by atoms with Gasteiger partial charge in [0.25, 0.3) is 0 Å². The van der Waals surface area contributed by atoms with Crippen molar-refractivity contribution in [3.63, 3.8) is 0 Å². The number of para-hydroxylation sites is 1. The van der Waals surface area contributed by atoms with Crippen LogP contribution in [-0.4, -0.2) is 17.7 Å². The molecule has 0 aliphatic carbocycles. The van der Waals surface area contributed by atoms with Crippen LogP contribution in [0.3, 0.4) is 0 Å². The molecule has 2 unspecified atom stereocenters. The third-order valence-electron chi connectivity index (χ3n) is 3.94. The zero-order chi connectivity index (χ0) is 13.1. The van der Waals surface area contributed by atoms with Crippen LogP contribution in [0.5, 0.6) is 0 Å². The van der Waals surface area contributed by atoms with Crippen LogP contribution in [-0.2, 0) is 0 Å². The van der Waals surface area contributed by atoms with Crippen molar-refractivity contribution in [2.24, 2.45) is 0 Å². The molecule has 1 aromatic carbocycles. The van der Waals surface area contributed by atoms with Gasteiger partial charge in [0.1, 0.15) is 17.4 Å². The lowest BCUT2D eigenvalue weighted by molar-refractivity contribution is 0.127. The highest BCUT2D eigenvalue weighted by Gasteiger charge is 2.19. The molecule has 3 nitrogen and oxygen atoms in total. The van der Waals surface area contributed by atoms with Crippen molar-refractivity contribution < 1.29 is 9.52 Å². The Hall–Kier alpha value is -1.32. The third kappa shape index (κ3) is 2.99. The Labute approximate surface area is 113 Å². The van der Waals surface area contributed by atoms with Gasteiger partial charge in [0.15, 0.2) is 0 Å². The average Bonchev–Trinajstić information content (AvgIpc) is 2.70. The Balaban J connectivity index is 1.70. The standard InChI is InChI=1S/C16H21NO2/c18-14(11-13-7-2-1-5-9-17-13)16-10-12-6-3-4-8-15(12)19-16/h3-4,6,8,10,13-14,17-18H,1-2,5,7,9,11H2. The number of benzene rings is 1. The molecule has 102 valence electrons. The van der Waals surface area contributed by atoms with Crippen LogP contribution in [0, 0.1) is 0 Å². The number of rotatable bonds is 3. The quantitative estimate of drug-likeness (QED) is 0.888. The fraction of sp³-hybridized carbons (Fsp3) is 0.500. The van der Waals surface area contributed by atoms with Crippen LogP contribution in [0.2, 0.25) is 0 Å². The fourth-order valence-electron chi connectivity index (χ4n) is 2.85. The molecular weight excluding hydrogens is 238 g/mol. The molecule has 1 aromatic heterocycles. The summed E-state index contributed by atoms with van der Waals surface area (Å²) in [6.45, 7) is 1.07. The van der Waals surface area contributed by atoms with Crippen molar-refractivity contribution in [2.75, 3.05) is 6.54 Å². The van der Waals surface area contributed by atoms with E-state index < -0.39 is 6.10 Å². The molecule has 0 radical (unpaired) electrons.